The molecule has 0 saturated carbocycles. The zero-order valence-electron chi connectivity index (χ0n) is 15.0. The van der Waals surface area contributed by atoms with E-state index in [2.05, 4.69) is 0 Å². The molecule has 0 saturated heterocycles. The van der Waals surface area contributed by atoms with E-state index >= 15 is 0 Å². The lowest BCUT2D eigenvalue weighted by Gasteiger charge is -2.24. The standard InChI is InChI=1S/C23H19FN2O/c1-16-23(27)26(15-18-11-5-7-13-20(18)24)21-14-8-6-12-19(21)22(25-16)17-9-3-2-4-10-17/h2-14,16H,15H2,1H3. The van der Waals surface area contributed by atoms with Gasteiger partial charge < -0.3 is 4.90 Å². The molecular formula is C23H19FN2O. The minimum Gasteiger partial charge on any atom is -0.305 e. The quantitative estimate of drug-likeness (QED) is 0.673. The Morgan fingerprint density at radius 2 is 1.59 bits per heavy atom. The molecule has 1 aliphatic heterocycles. The highest BCUT2D eigenvalue weighted by Gasteiger charge is 2.29. The summed E-state index contributed by atoms with van der Waals surface area (Å²) in [5.74, 6) is -0.458. The number of carbonyl (C=O) groups excluding carboxylic acids is 1. The van der Waals surface area contributed by atoms with E-state index in [-0.39, 0.29) is 18.3 Å². The molecule has 1 aliphatic rings. The Kier molecular flexibility index (Phi) is 4.55. The average Bonchev–Trinajstić information content (AvgIpc) is 2.81. The summed E-state index contributed by atoms with van der Waals surface area (Å²) in [5, 5.41) is 0. The molecule has 0 aromatic heterocycles. The van der Waals surface area contributed by atoms with E-state index in [4.69, 9.17) is 4.99 Å². The van der Waals surface area contributed by atoms with Crippen LogP contribution < -0.4 is 4.90 Å². The van der Waals surface area contributed by atoms with Crippen molar-refractivity contribution in [2.45, 2.75) is 19.5 Å². The molecule has 4 heteroatoms. The molecule has 4 rings (SSSR count). The Hall–Kier alpha value is -3.27. The van der Waals surface area contributed by atoms with Crippen molar-refractivity contribution in [1.82, 2.24) is 0 Å². The SMILES string of the molecule is CC1N=C(c2ccccc2)c2ccccc2N(Cc2ccccc2F)C1=O. The molecule has 3 aromatic rings. The van der Waals surface area contributed by atoms with Crippen molar-refractivity contribution in [2.24, 2.45) is 4.99 Å². The number of rotatable bonds is 3. The zero-order chi connectivity index (χ0) is 18.8. The number of carbonyl (C=O) groups is 1. The number of para-hydroxylation sites is 1. The van der Waals surface area contributed by atoms with Crippen molar-refractivity contribution in [3.63, 3.8) is 0 Å². The van der Waals surface area contributed by atoms with Crippen LogP contribution in [0.5, 0.6) is 0 Å². The number of anilines is 1. The van der Waals surface area contributed by atoms with Crippen molar-refractivity contribution in [1.29, 1.82) is 0 Å². The molecule has 0 fully saturated rings. The van der Waals surface area contributed by atoms with Crippen LogP contribution in [0.1, 0.15) is 23.6 Å². The van der Waals surface area contributed by atoms with Gasteiger partial charge in [0.2, 0.25) is 0 Å². The van der Waals surface area contributed by atoms with Gasteiger partial charge >= 0.3 is 0 Å². The molecule has 1 amide bonds. The third-order valence-electron chi connectivity index (χ3n) is 4.73. The van der Waals surface area contributed by atoms with E-state index in [0.29, 0.717) is 5.56 Å². The lowest BCUT2D eigenvalue weighted by atomic mass is 10.00. The summed E-state index contributed by atoms with van der Waals surface area (Å²) >= 11 is 0. The fourth-order valence-electron chi connectivity index (χ4n) is 3.36. The van der Waals surface area contributed by atoms with Gasteiger partial charge in [-0.05, 0) is 19.1 Å². The fourth-order valence-corrected chi connectivity index (χ4v) is 3.36. The number of fused-ring (bicyclic) bond motifs is 1. The van der Waals surface area contributed by atoms with Crippen molar-refractivity contribution >= 4 is 17.3 Å². The van der Waals surface area contributed by atoms with E-state index in [0.717, 1.165) is 22.5 Å². The van der Waals surface area contributed by atoms with Crippen molar-refractivity contribution in [3.8, 4) is 0 Å². The highest BCUT2D eigenvalue weighted by Crippen LogP contribution is 2.30. The summed E-state index contributed by atoms with van der Waals surface area (Å²) in [7, 11) is 0. The summed E-state index contributed by atoms with van der Waals surface area (Å²) < 4.78 is 14.2. The molecule has 134 valence electrons. The maximum atomic E-state index is 14.2. The van der Waals surface area contributed by atoms with Gasteiger partial charge in [0.15, 0.2) is 0 Å². The second kappa shape index (κ2) is 7.16. The van der Waals surface area contributed by atoms with Gasteiger partial charge in [-0.3, -0.25) is 9.79 Å². The first-order valence-corrected chi connectivity index (χ1v) is 8.92. The molecule has 1 heterocycles. The van der Waals surface area contributed by atoms with Crippen LogP contribution in [0.4, 0.5) is 10.1 Å². The van der Waals surface area contributed by atoms with Crippen molar-refractivity contribution < 1.29 is 9.18 Å². The van der Waals surface area contributed by atoms with Gasteiger partial charge in [0.1, 0.15) is 11.9 Å². The number of hydrogen-bond acceptors (Lipinski definition) is 2. The lowest BCUT2D eigenvalue weighted by molar-refractivity contribution is -0.119. The molecule has 0 bridgehead atoms. The Balaban J connectivity index is 1.84. The molecule has 1 atom stereocenters. The van der Waals surface area contributed by atoms with Gasteiger partial charge in [0.05, 0.1) is 17.9 Å². The summed E-state index contributed by atoms with van der Waals surface area (Å²) in [4.78, 5) is 19.4. The smallest absolute Gasteiger partial charge is 0.251 e. The number of halogens is 1. The lowest BCUT2D eigenvalue weighted by Crippen LogP contribution is -2.36. The normalized spacial score (nSPS) is 16.5. The largest absolute Gasteiger partial charge is 0.305 e. The predicted molar refractivity (Wildman–Crippen MR) is 106 cm³/mol. The van der Waals surface area contributed by atoms with E-state index < -0.39 is 6.04 Å². The maximum absolute atomic E-state index is 14.2. The third-order valence-corrected chi connectivity index (χ3v) is 4.73. The van der Waals surface area contributed by atoms with Crippen LogP contribution in [0.15, 0.2) is 83.9 Å². The predicted octanol–water partition coefficient (Wildman–Crippen LogP) is 4.60. The first-order chi connectivity index (χ1) is 13.1. The number of aliphatic imine (C=N–C) groups is 1. The van der Waals surface area contributed by atoms with Crippen LogP contribution in [0.2, 0.25) is 0 Å². The number of benzodiazepines with no additional fused rings is 1. The molecule has 0 aliphatic carbocycles. The summed E-state index contributed by atoms with van der Waals surface area (Å²) in [6.45, 7) is 1.95. The van der Waals surface area contributed by atoms with Crippen LogP contribution in [0, 0.1) is 5.82 Å². The monoisotopic (exact) mass is 358 g/mol. The van der Waals surface area contributed by atoms with Crippen molar-refractivity contribution in [2.75, 3.05) is 4.90 Å². The molecule has 3 nitrogen and oxygen atoms in total. The number of nitrogens with zero attached hydrogens (tertiary/aromatic N) is 2. The molecule has 1 unspecified atom stereocenters. The molecule has 3 aromatic carbocycles. The van der Waals surface area contributed by atoms with Gasteiger partial charge in [0.25, 0.3) is 5.91 Å². The van der Waals surface area contributed by atoms with Gasteiger partial charge in [0, 0.05) is 16.7 Å². The van der Waals surface area contributed by atoms with Crippen LogP contribution in [0.25, 0.3) is 0 Å². The minimum atomic E-state index is -0.556. The second-order valence-corrected chi connectivity index (χ2v) is 6.55. The first kappa shape index (κ1) is 17.2. The van der Waals surface area contributed by atoms with Crippen LogP contribution >= 0.6 is 0 Å². The first-order valence-electron chi connectivity index (χ1n) is 8.92. The van der Waals surface area contributed by atoms with Crippen molar-refractivity contribution in [3.05, 3.63) is 101 Å². The summed E-state index contributed by atoms with van der Waals surface area (Å²) in [6.07, 6.45) is 0. The topological polar surface area (TPSA) is 32.7 Å². The highest BCUT2D eigenvalue weighted by atomic mass is 19.1. The van der Waals surface area contributed by atoms with E-state index in [1.165, 1.54) is 6.07 Å². The van der Waals surface area contributed by atoms with E-state index in [1.807, 2.05) is 54.6 Å². The number of benzene rings is 3. The molecule has 0 spiro atoms. The molecule has 27 heavy (non-hydrogen) atoms. The average molecular weight is 358 g/mol. The van der Waals surface area contributed by atoms with Gasteiger partial charge in [-0.15, -0.1) is 0 Å². The number of hydrogen-bond donors (Lipinski definition) is 0. The Labute approximate surface area is 157 Å². The van der Waals surface area contributed by atoms with Gasteiger partial charge in [-0.25, -0.2) is 4.39 Å². The third kappa shape index (κ3) is 3.26. The fraction of sp³-hybridized carbons (Fsp3) is 0.130. The molecular weight excluding hydrogens is 339 g/mol. The van der Waals surface area contributed by atoms with E-state index in [9.17, 15) is 9.18 Å². The maximum Gasteiger partial charge on any atom is 0.251 e. The van der Waals surface area contributed by atoms with Crippen LogP contribution in [-0.4, -0.2) is 17.7 Å². The Morgan fingerprint density at radius 1 is 0.926 bits per heavy atom. The van der Waals surface area contributed by atoms with Gasteiger partial charge in [-0.2, -0.15) is 0 Å². The summed E-state index contributed by atoms with van der Waals surface area (Å²) in [6, 6.07) is 23.5. The Bertz CT molecular complexity index is 1010. The van der Waals surface area contributed by atoms with Gasteiger partial charge in [-0.1, -0.05) is 66.7 Å². The second-order valence-electron chi connectivity index (χ2n) is 6.55. The Morgan fingerprint density at radius 3 is 2.37 bits per heavy atom. The molecule has 0 radical (unpaired) electrons. The van der Waals surface area contributed by atoms with Crippen LogP contribution in [-0.2, 0) is 11.3 Å². The summed E-state index contributed by atoms with van der Waals surface area (Å²) in [5.41, 5.74) is 3.84. The van der Waals surface area contributed by atoms with E-state index in [1.54, 1.807) is 30.0 Å². The number of amides is 1. The zero-order valence-corrected chi connectivity index (χ0v) is 15.0. The molecule has 0 N–H and O–H groups in total. The van der Waals surface area contributed by atoms with Crippen LogP contribution in [0.3, 0.4) is 0 Å². The highest BCUT2D eigenvalue weighted by molar-refractivity contribution is 6.20. The minimum absolute atomic E-state index is 0.142.